The summed E-state index contributed by atoms with van der Waals surface area (Å²) in [6.07, 6.45) is 4.82. The number of nitrogens with zero attached hydrogens (tertiary/aromatic N) is 2. The molecular formula is C20H33N3O3S2. The van der Waals surface area contributed by atoms with Crippen molar-refractivity contribution < 1.29 is 13.2 Å². The Balaban J connectivity index is 1.86. The van der Waals surface area contributed by atoms with Crippen molar-refractivity contribution >= 4 is 27.4 Å². The van der Waals surface area contributed by atoms with Crippen molar-refractivity contribution in [2.45, 2.75) is 44.4 Å². The molecule has 0 saturated carbocycles. The predicted molar refractivity (Wildman–Crippen MR) is 117 cm³/mol. The van der Waals surface area contributed by atoms with Gasteiger partial charge in [-0.05, 0) is 48.8 Å². The van der Waals surface area contributed by atoms with Crippen LogP contribution in [0.25, 0.3) is 0 Å². The van der Waals surface area contributed by atoms with Crippen LogP contribution in [-0.4, -0.2) is 62.6 Å². The summed E-state index contributed by atoms with van der Waals surface area (Å²) in [7, 11) is -1.93. The second-order valence-electron chi connectivity index (χ2n) is 7.17. The van der Waals surface area contributed by atoms with Gasteiger partial charge in [-0.1, -0.05) is 33.1 Å². The van der Waals surface area contributed by atoms with Crippen LogP contribution in [-0.2, 0) is 10.0 Å². The highest BCUT2D eigenvalue weighted by molar-refractivity contribution is 7.89. The molecule has 1 aliphatic heterocycles. The maximum atomic E-state index is 12.8. The van der Waals surface area contributed by atoms with E-state index >= 15 is 0 Å². The number of thiocarbonyl (C=S) groups is 1. The Morgan fingerprint density at radius 2 is 1.82 bits per heavy atom. The number of nitrogens with one attached hydrogen (secondary N) is 1. The molecule has 2 rings (SSSR count). The van der Waals surface area contributed by atoms with E-state index in [0.29, 0.717) is 42.7 Å². The lowest BCUT2D eigenvalue weighted by molar-refractivity contribution is 0.262. The van der Waals surface area contributed by atoms with E-state index in [-0.39, 0.29) is 0 Å². The highest BCUT2D eigenvalue weighted by Gasteiger charge is 2.29. The van der Waals surface area contributed by atoms with Crippen LogP contribution >= 0.6 is 12.2 Å². The van der Waals surface area contributed by atoms with Gasteiger partial charge in [-0.2, -0.15) is 4.31 Å². The first-order chi connectivity index (χ1) is 13.4. The Kier molecular flexibility index (Phi) is 8.98. The third-order valence-corrected chi connectivity index (χ3v) is 7.62. The molecule has 0 spiro atoms. The van der Waals surface area contributed by atoms with Crippen molar-refractivity contribution in [2.75, 3.05) is 39.8 Å². The van der Waals surface area contributed by atoms with Gasteiger partial charge >= 0.3 is 0 Å². The zero-order valence-electron chi connectivity index (χ0n) is 17.2. The van der Waals surface area contributed by atoms with Crippen LogP contribution in [0.4, 0.5) is 0 Å². The van der Waals surface area contributed by atoms with Crippen molar-refractivity contribution in [3.05, 3.63) is 24.3 Å². The molecule has 1 aliphatic rings. The molecule has 0 amide bonds. The molecule has 8 heteroatoms. The smallest absolute Gasteiger partial charge is 0.243 e. The van der Waals surface area contributed by atoms with Crippen LogP contribution in [0.15, 0.2) is 29.2 Å². The second-order valence-corrected chi connectivity index (χ2v) is 9.49. The van der Waals surface area contributed by atoms with Crippen LogP contribution in [0.3, 0.4) is 0 Å². The molecule has 0 unspecified atom stereocenters. The summed E-state index contributed by atoms with van der Waals surface area (Å²) < 4.78 is 32.3. The minimum atomic E-state index is -3.49. The van der Waals surface area contributed by atoms with Gasteiger partial charge in [-0.25, -0.2) is 8.42 Å². The maximum Gasteiger partial charge on any atom is 0.243 e. The van der Waals surface area contributed by atoms with Crippen LogP contribution in [0.2, 0.25) is 0 Å². The first-order valence-corrected chi connectivity index (χ1v) is 11.9. The van der Waals surface area contributed by atoms with E-state index in [4.69, 9.17) is 17.0 Å². The van der Waals surface area contributed by atoms with E-state index in [1.165, 1.54) is 23.6 Å². The fourth-order valence-electron chi connectivity index (χ4n) is 3.32. The maximum absolute atomic E-state index is 12.8. The molecule has 0 bridgehead atoms. The Labute approximate surface area is 175 Å². The Morgan fingerprint density at radius 3 is 2.36 bits per heavy atom. The fourth-order valence-corrected chi connectivity index (χ4v) is 5.00. The molecule has 1 N–H and O–H groups in total. The van der Waals surface area contributed by atoms with E-state index in [1.807, 2.05) is 0 Å². The fraction of sp³-hybridized carbons (Fsp3) is 0.650. The third-order valence-electron chi connectivity index (χ3n) is 5.31. The average molecular weight is 428 g/mol. The summed E-state index contributed by atoms with van der Waals surface area (Å²) >= 11 is 5.54. The first kappa shape index (κ1) is 22.9. The number of benzene rings is 1. The van der Waals surface area contributed by atoms with Crippen molar-refractivity contribution in [2.24, 2.45) is 5.92 Å². The monoisotopic (exact) mass is 427 g/mol. The molecule has 0 aliphatic carbocycles. The number of methoxy groups -OCH3 is 1. The van der Waals surface area contributed by atoms with Crippen LogP contribution in [0, 0.1) is 5.92 Å². The standard InChI is InChI=1S/C20H33N3O3S2/c1-4-6-7-17(5-2)16-21-20(27)22-12-14-23(15-13-22)28(24,25)19-10-8-18(26-3)9-11-19/h8-11,17H,4-7,12-16H2,1-3H3,(H,21,27)/t17-/m0/s1. The highest BCUT2D eigenvalue weighted by atomic mass is 32.2. The Bertz CT molecular complexity index is 715. The molecule has 158 valence electrons. The molecule has 1 aromatic rings. The van der Waals surface area contributed by atoms with Crippen LogP contribution in [0.5, 0.6) is 5.75 Å². The lowest BCUT2D eigenvalue weighted by Crippen LogP contribution is -2.53. The van der Waals surface area contributed by atoms with Crippen molar-refractivity contribution in [1.29, 1.82) is 0 Å². The van der Waals surface area contributed by atoms with Crippen LogP contribution < -0.4 is 10.1 Å². The molecule has 1 fully saturated rings. The number of ether oxygens (including phenoxy) is 1. The van der Waals surface area contributed by atoms with E-state index in [2.05, 4.69) is 24.1 Å². The first-order valence-electron chi connectivity index (χ1n) is 10.1. The van der Waals surface area contributed by atoms with Gasteiger partial charge in [-0.3, -0.25) is 0 Å². The molecule has 6 nitrogen and oxygen atoms in total. The van der Waals surface area contributed by atoms with Gasteiger partial charge in [0, 0.05) is 32.7 Å². The molecule has 28 heavy (non-hydrogen) atoms. The lowest BCUT2D eigenvalue weighted by atomic mass is 9.99. The summed E-state index contributed by atoms with van der Waals surface area (Å²) in [6, 6.07) is 6.53. The molecule has 1 aromatic carbocycles. The van der Waals surface area contributed by atoms with Gasteiger partial charge < -0.3 is 15.0 Å². The summed E-state index contributed by atoms with van der Waals surface area (Å²) in [4.78, 5) is 2.37. The topological polar surface area (TPSA) is 61.9 Å². The SMILES string of the molecule is CCCC[C@H](CC)CNC(=S)N1CCN(S(=O)(=O)c2ccc(OC)cc2)CC1. The van der Waals surface area contributed by atoms with Gasteiger partial charge in [-0.15, -0.1) is 0 Å². The Morgan fingerprint density at radius 1 is 1.18 bits per heavy atom. The van der Waals surface area contributed by atoms with E-state index in [9.17, 15) is 8.42 Å². The van der Waals surface area contributed by atoms with Crippen molar-refractivity contribution in [3.8, 4) is 5.75 Å². The van der Waals surface area contributed by atoms with Gasteiger partial charge in [0.1, 0.15) is 5.75 Å². The zero-order valence-corrected chi connectivity index (χ0v) is 18.8. The van der Waals surface area contributed by atoms with Crippen LogP contribution in [0.1, 0.15) is 39.5 Å². The normalized spacial score (nSPS) is 16.6. The number of sulfonamides is 1. The quantitative estimate of drug-likeness (QED) is 0.611. The number of unbranched alkanes of at least 4 members (excludes halogenated alkanes) is 1. The second kappa shape index (κ2) is 11.0. The number of rotatable bonds is 9. The molecular weight excluding hydrogens is 394 g/mol. The molecule has 0 radical (unpaired) electrons. The number of hydrogen-bond acceptors (Lipinski definition) is 4. The number of piperazine rings is 1. The summed E-state index contributed by atoms with van der Waals surface area (Å²) in [5.41, 5.74) is 0. The molecule has 1 heterocycles. The van der Waals surface area contributed by atoms with Gasteiger partial charge in [0.05, 0.1) is 12.0 Å². The highest BCUT2D eigenvalue weighted by Crippen LogP contribution is 2.20. The van der Waals surface area contributed by atoms with Gasteiger partial charge in [0.2, 0.25) is 10.0 Å². The lowest BCUT2D eigenvalue weighted by Gasteiger charge is -2.35. The Hall–Kier alpha value is -1.38. The van der Waals surface area contributed by atoms with Crippen molar-refractivity contribution in [3.63, 3.8) is 0 Å². The van der Waals surface area contributed by atoms with E-state index in [1.54, 1.807) is 31.4 Å². The average Bonchev–Trinajstić information content (AvgIpc) is 2.73. The van der Waals surface area contributed by atoms with E-state index in [0.717, 1.165) is 18.1 Å². The predicted octanol–water partition coefficient (Wildman–Crippen LogP) is 3.09. The van der Waals surface area contributed by atoms with Crippen molar-refractivity contribution in [1.82, 2.24) is 14.5 Å². The van der Waals surface area contributed by atoms with Gasteiger partial charge in [0.15, 0.2) is 5.11 Å². The minimum absolute atomic E-state index is 0.296. The summed E-state index contributed by atoms with van der Waals surface area (Å²) in [5, 5.41) is 4.12. The largest absolute Gasteiger partial charge is 0.497 e. The molecule has 0 aromatic heterocycles. The molecule has 1 atom stereocenters. The number of hydrogen-bond donors (Lipinski definition) is 1. The third kappa shape index (κ3) is 6.06. The van der Waals surface area contributed by atoms with Gasteiger partial charge in [0.25, 0.3) is 0 Å². The molecule has 1 saturated heterocycles. The summed E-state index contributed by atoms with van der Waals surface area (Å²) in [5.74, 6) is 1.28. The zero-order chi connectivity index (χ0) is 20.6. The minimum Gasteiger partial charge on any atom is -0.497 e. The summed E-state index contributed by atoms with van der Waals surface area (Å²) in [6.45, 7) is 7.39. The van der Waals surface area contributed by atoms with E-state index < -0.39 is 10.0 Å².